The Hall–Kier alpha value is -2.41. The van der Waals surface area contributed by atoms with Gasteiger partial charge < -0.3 is 19.8 Å². The number of benzene rings is 2. The van der Waals surface area contributed by atoms with Gasteiger partial charge >= 0.3 is 0 Å². The number of carbonyl (C=O) groups is 1. The molecule has 6 rings (SSSR count). The van der Waals surface area contributed by atoms with Gasteiger partial charge in [0.25, 0.3) is 5.91 Å². The van der Waals surface area contributed by atoms with Crippen molar-refractivity contribution in [1.29, 1.82) is 0 Å². The second kappa shape index (κ2) is 10.6. The molecule has 0 aliphatic carbocycles. The molecule has 204 valence electrons. The van der Waals surface area contributed by atoms with Crippen molar-refractivity contribution in [1.82, 2.24) is 14.7 Å². The minimum absolute atomic E-state index is 0.0571. The molecular weight excluding hydrogens is 472 g/mol. The molecule has 0 saturated carbocycles. The Balaban J connectivity index is 1.09. The fraction of sp³-hybridized carbons (Fsp3) is 0.594. The molecule has 0 radical (unpaired) electrons. The summed E-state index contributed by atoms with van der Waals surface area (Å²) in [6, 6.07) is 15.8. The summed E-state index contributed by atoms with van der Waals surface area (Å²) in [6.45, 7) is 12.6. The van der Waals surface area contributed by atoms with Crippen LogP contribution >= 0.6 is 0 Å². The maximum Gasteiger partial charge on any atom is 0.254 e. The van der Waals surface area contributed by atoms with Crippen LogP contribution in [0.5, 0.6) is 0 Å². The zero-order chi connectivity index (χ0) is 26.3. The van der Waals surface area contributed by atoms with E-state index in [1.807, 2.05) is 11.0 Å². The molecule has 6 nitrogen and oxygen atoms in total. The third-order valence-electron chi connectivity index (χ3n) is 9.43. The monoisotopic (exact) mass is 516 g/mol. The van der Waals surface area contributed by atoms with Crippen LogP contribution in [0.15, 0.2) is 42.5 Å². The number of nitrogens with zero attached hydrogens (tertiary/aromatic N) is 4. The molecule has 2 fully saturated rings. The number of hydrogen-bond donors (Lipinski definition) is 1. The first-order valence-electron chi connectivity index (χ1n) is 14.8. The third kappa shape index (κ3) is 5.23. The lowest BCUT2D eigenvalue weighted by atomic mass is 9.77. The highest BCUT2D eigenvalue weighted by molar-refractivity contribution is 5.98. The minimum Gasteiger partial charge on any atom is -0.390 e. The number of amides is 1. The summed E-state index contributed by atoms with van der Waals surface area (Å²) in [5.74, 6) is 0.0571. The first-order valence-corrected chi connectivity index (χ1v) is 14.8. The first-order chi connectivity index (χ1) is 18.4. The molecule has 0 bridgehead atoms. The van der Waals surface area contributed by atoms with E-state index in [-0.39, 0.29) is 11.3 Å². The van der Waals surface area contributed by atoms with Crippen molar-refractivity contribution < 1.29 is 9.90 Å². The van der Waals surface area contributed by atoms with Gasteiger partial charge in [-0.25, -0.2) is 0 Å². The lowest BCUT2D eigenvalue weighted by molar-refractivity contribution is 0.0431. The zero-order valence-corrected chi connectivity index (χ0v) is 23.2. The third-order valence-corrected chi connectivity index (χ3v) is 9.43. The van der Waals surface area contributed by atoms with Crippen molar-refractivity contribution in [3.05, 3.63) is 64.7 Å². The average molecular weight is 517 g/mol. The summed E-state index contributed by atoms with van der Waals surface area (Å²) in [6.07, 6.45) is 5.63. The Morgan fingerprint density at radius 3 is 2.45 bits per heavy atom. The lowest BCUT2D eigenvalue weighted by Crippen LogP contribution is -2.51. The molecule has 0 unspecified atom stereocenters. The van der Waals surface area contributed by atoms with Crippen LogP contribution in [0.3, 0.4) is 0 Å². The van der Waals surface area contributed by atoms with Crippen LogP contribution in [-0.2, 0) is 18.4 Å². The molecule has 0 spiro atoms. The molecule has 4 heterocycles. The number of likely N-dealkylation sites (tertiary alicyclic amines) is 1. The van der Waals surface area contributed by atoms with Crippen molar-refractivity contribution >= 4 is 11.6 Å². The van der Waals surface area contributed by atoms with E-state index in [0.29, 0.717) is 19.6 Å². The summed E-state index contributed by atoms with van der Waals surface area (Å²) >= 11 is 0. The number of rotatable bonds is 6. The summed E-state index contributed by atoms with van der Waals surface area (Å²) in [5.41, 5.74) is 5.82. The van der Waals surface area contributed by atoms with Crippen molar-refractivity contribution in [2.45, 2.75) is 70.1 Å². The van der Waals surface area contributed by atoms with Gasteiger partial charge in [-0.1, -0.05) is 38.1 Å². The van der Waals surface area contributed by atoms with Crippen LogP contribution in [0.2, 0.25) is 0 Å². The molecule has 2 aromatic carbocycles. The van der Waals surface area contributed by atoms with Gasteiger partial charge in [0, 0.05) is 68.5 Å². The Morgan fingerprint density at radius 2 is 1.68 bits per heavy atom. The topological polar surface area (TPSA) is 50.3 Å². The van der Waals surface area contributed by atoms with Crippen LogP contribution in [0.4, 0.5) is 5.69 Å². The van der Waals surface area contributed by atoms with Crippen molar-refractivity contribution in [3.8, 4) is 0 Å². The number of aliphatic hydroxyl groups is 1. The summed E-state index contributed by atoms with van der Waals surface area (Å²) in [5, 5.41) is 11.0. The number of anilines is 1. The normalized spacial score (nSPS) is 23.4. The largest absolute Gasteiger partial charge is 0.390 e. The van der Waals surface area contributed by atoms with Gasteiger partial charge in [0.15, 0.2) is 0 Å². The Morgan fingerprint density at radius 1 is 0.947 bits per heavy atom. The second-order valence-electron chi connectivity index (χ2n) is 12.7. The van der Waals surface area contributed by atoms with Gasteiger partial charge in [-0.05, 0) is 80.1 Å². The van der Waals surface area contributed by atoms with Gasteiger partial charge in [0.1, 0.15) is 0 Å². The number of fused-ring (bicyclic) bond motifs is 2. The van der Waals surface area contributed by atoms with Crippen LogP contribution < -0.4 is 4.90 Å². The van der Waals surface area contributed by atoms with Gasteiger partial charge in [-0.3, -0.25) is 9.69 Å². The maximum atomic E-state index is 13.6. The zero-order valence-electron chi connectivity index (χ0n) is 23.2. The van der Waals surface area contributed by atoms with E-state index in [4.69, 9.17) is 0 Å². The van der Waals surface area contributed by atoms with Gasteiger partial charge in [-0.15, -0.1) is 0 Å². The smallest absolute Gasteiger partial charge is 0.254 e. The standard InChI is InChI=1S/C32H44N4O2/c1-32(2)23-36(22-28(37)21-33-16-11-24-7-3-4-8-25(24)20-33)31(38)29-10-9-27(19-30(29)32)35-17-12-26(13-18-35)34-14-5-6-15-34/h3-4,7-10,19,26,28,37H,5-6,11-18,20-23H2,1-2H3/t28-/m1/s1. The molecule has 0 aromatic heterocycles. The number of β-amino-alcohol motifs (C(OH)–C–C–N with tert-alkyl or cyclic N) is 1. The van der Waals surface area contributed by atoms with E-state index in [9.17, 15) is 9.90 Å². The van der Waals surface area contributed by atoms with Gasteiger partial charge in [0.2, 0.25) is 0 Å². The summed E-state index contributed by atoms with van der Waals surface area (Å²) in [4.78, 5) is 23.0. The molecule has 1 amide bonds. The summed E-state index contributed by atoms with van der Waals surface area (Å²) in [7, 11) is 0. The quantitative estimate of drug-likeness (QED) is 0.631. The number of aliphatic hydroxyl groups excluding tert-OH is 1. The number of carbonyl (C=O) groups excluding carboxylic acids is 1. The highest BCUT2D eigenvalue weighted by Gasteiger charge is 2.38. The first kappa shape index (κ1) is 25.8. The van der Waals surface area contributed by atoms with E-state index >= 15 is 0 Å². The van der Waals surface area contributed by atoms with Crippen molar-refractivity contribution in [2.24, 2.45) is 0 Å². The second-order valence-corrected chi connectivity index (χ2v) is 12.7. The fourth-order valence-electron chi connectivity index (χ4n) is 7.34. The highest BCUT2D eigenvalue weighted by Crippen LogP contribution is 2.37. The summed E-state index contributed by atoms with van der Waals surface area (Å²) < 4.78 is 0. The molecule has 4 aliphatic heterocycles. The van der Waals surface area contributed by atoms with E-state index in [1.54, 1.807) is 0 Å². The fourth-order valence-corrected chi connectivity index (χ4v) is 7.34. The van der Waals surface area contributed by atoms with Gasteiger partial charge in [0.05, 0.1) is 6.10 Å². The van der Waals surface area contributed by atoms with E-state index < -0.39 is 6.10 Å². The van der Waals surface area contributed by atoms with Crippen LogP contribution in [0.1, 0.15) is 66.6 Å². The van der Waals surface area contributed by atoms with Crippen LogP contribution in [0.25, 0.3) is 0 Å². The number of hydrogen-bond acceptors (Lipinski definition) is 5. The van der Waals surface area contributed by atoms with Crippen molar-refractivity contribution in [2.75, 3.05) is 57.3 Å². The Labute approximate surface area is 228 Å². The van der Waals surface area contributed by atoms with Crippen LogP contribution in [0, 0.1) is 0 Å². The average Bonchev–Trinajstić information content (AvgIpc) is 3.46. The molecule has 2 saturated heterocycles. The van der Waals surface area contributed by atoms with E-state index in [0.717, 1.165) is 49.8 Å². The van der Waals surface area contributed by atoms with E-state index in [2.05, 4.69) is 64.9 Å². The molecule has 38 heavy (non-hydrogen) atoms. The Bertz CT molecular complexity index is 1150. The SMILES string of the molecule is CC1(C)CN(C[C@H](O)CN2CCc3ccccc3C2)C(=O)c2ccc(N3CCC(N4CCCC4)CC3)cc21. The predicted molar refractivity (Wildman–Crippen MR) is 153 cm³/mol. The van der Waals surface area contributed by atoms with E-state index in [1.165, 1.54) is 55.6 Å². The Kier molecular flexibility index (Phi) is 7.23. The molecule has 4 aliphatic rings. The molecule has 2 aromatic rings. The maximum absolute atomic E-state index is 13.6. The van der Waals surface area contributed by atoms with Gasteiger partial charge in [-0.2, -0.15) is 0 Å². The minimum atomic E-state index is -0.558. The predicted octanol–water partition coefficient (Wildman–Crippen LogP) is 3.90. The van der Waals surface area contributed by atoms with Crippen LogP contribution in [-0.4, -0.2) is 90.2 Å². The molecule has 1 N–H and O–H groups in total. The number of piperidine rings is 1. The highest BCUT2D eigenvalue weighted by atomic mass is 16.3. The molecule has 6 heteroatoms. The molecule has 1 atom stereocenters. The molecular formula is C32H44N4O2. The lowest BCUT2D eigenvalue weighted by Gasteiger charge is -2.42. The van der Waals surface area contributed by atoms with Crippen molar-refractivity contribution in [3.63, 3.8) is 0 Å².